The highest BCUT2D eigenvalue weighted by atomic mass is 19.4. The van der Waals surface area contributed by atoms with Crippen LogP contribution in [0.15, 0.2) is 41.9 Å². The third-order valence-electron chi connectivity index (χ3n) is 3.26. The smallest absolute Gasteiger partial charge is 0.303 e. The normalized spacial score (nSPS) is 11.9. The minimum atomic E-state index is -4.38. The quantitative estimate of drug-likeness (QED) is 0.329. The first-order chi connectivity index (χ1) is 11.3. The number of rotatable bonds is 7. The highest BCUT2D eigenvalue weighted by Gasteiger charge is 2.29. The van der Waals surface area contributed by atoms with Gasteiger partial charge in [-0.25, -0.2) is 0 Å². The number of hydrogen-bond acceptors (Lipinski definition) is 3. The molecule has 1 aromatic rings. The van der Waals surface area contributed by atoms with Crippen molar-refractivity contribution in [3.05, 3.63) is 48.0 Å². The van der Waals surface area contributed by atoms with Gasteiger partial charge in [0, 0.05) is 19.4 Å². The number of carbonyl (C=O) groups is 2. The third kappa shape index (κ3) is 5.64. The van der Waals surface area contributed by atoms with E-state index in [0.717, 1.165) is 18.2 Å². The van der Waals surface area contributed by atoms with E-state index in [1.54, 1.807) is 6.92 Å². The molecule has 0 radical (unpaired) electrons. The fraction of sp³-hybridized carbons (Fsp3) is 0.353. The van der Waals surface area contributed by atoms with E-state index in [4.69, 9.17) is 0 Å². The molecule has 0 aromatic heterocycles. The third-order valence-corrected chi connectivity index (χ3v) is 3.26. The van der Waals surface area contributed by atoms with E-state index in [1.165, 1.54) is 17.0 Å². The van der Waals surface area contributed by atoms with Gasteiger partial charge in [-0.2, -0.15) is 13.2 Å². The average molecular weight is 340 g/mol. The zero-order valence-electron chi connectivity index (χ0n) is 13.3. The first kappa shape index (κ1) is 19.6. The average Bonchev–Trinajstić information content (AvgIpc) is 2.56. The van der Waals surface area contributed by atoms with Crippen molar-refractivity contribution >= 4 is 18.0 Å². The molecule has 0 N–H and O–H groups in total. The van der Waals surface area contributed by atoms with Crippen molar-refractivity contribution in [1.82, 2.24) is 4.90 Å². The zero-order chi connectivity index (χ0) is 18.2. The first-order valence-corrected chi connectivity index (χ1v) is 7.40. The number of aldehydes is 1. The largest absolute Gasteiger partial charge is 0.416 e. The summed E-state index contributed by atoms with van der Waals surface area (Å²) >= 11 is 0. The Kier molecular flexibility index (Phi) is 7.35. The van der Waals surface area contributed by atoms with E-state index in [2.05, 4.69) is 11.6 Å². The molecule has 0 unspecified atom stereocenters. The molecule has 1 rings (SSSR count). The van der Waals surface area contributed by atoms with Gasteiger partial charge in [-0.1, -0.05) is 25.6 Å². The highest BCUT2D eigenvalue weighted by molar-refractivity contribution is 6.02. The first-order valence-electron chi connectivity index (χ1n) is 7.40. The Labute approximate surface area is 138 Å². The summed E-state index contributed by atoms with van der Waals surface area (Å²) in [7, 11) is 0. The summed E-state index contributed by atoms with van der Waals surface area (Å²) in [5.41, 5.74) is -0.129. The van der Waals surface area contributed by atoms with Gasteiger partial charge in [0.05, 0.1) is 12.1 Å². The van der Waals surface area contributed by atoms with Crippen molar-refractivity contribution in [3.8, 4) is 0 Å². The minimum Gasteiger partial charge on any atom is -0.303 e. The van der Waals surface area contributed by atoms with Gasteiger partial charge in [0.1, 0.15) is 12.1 Å². The number of alkyl halides is 3. The number of benzene rings is 1. The van der Waals surface area contributed by atoms with E-state index >= 15 is 0 Å². The van der Waals surface area contributed by atoms with Crippen LogP contribution in [0.1, 0.15) is 30.9 Å². The van der Waals surface area contributed by atoms with Gasteiger partial charge in [-0.05, 0) is 23.8 Å². The molecular weight excluding hydrogens is 321 g/mol. The molecule has 0 spiro atoms. The monoisotopic (exact) mass is 340 g/mol. The van der Waals surface area contributed by atoms with Crippen LogP contribution in [-0.4, -0.2) is 29.5 Å². The number of nitrogens with zero attached hydrogens (tertiary/aromatic N) is 2. The fourth-order valence-electron chi connectivity index (χ4n) is 2.03. The summed E-state index contributed by atoms with van der Waals surface area (Å²) in [5.74, 6) is 0.0894. The van der Waals surface area contributed by atoms with Crippen LogP contribution in [0, 0.1) is 0 Å². The highest BCUT2D eigenvalue weighted by Crippen LogP contribution is 2.29. The van der Waals surface area contributed by atoms with Gasteiger partial charge in [0.15, 0.2) is 0 Å². The van der Waals surface area contributed by atoms with Gasteiger partial charge in [-0.3, -0.25) is 14.7 Å². The molecule has 0 saturated carbocycles. The van der Waals surface area contributed by atoms with Crippen LogP contribution in [-0.2, 0) is 22.3 Å². The molecule has 0 aliphatic carbocycles. The number of halogens is 3. The Morgan fingerprint density at radius 2 is 1.92 bits per heavy atom. The lowest BCUT2D eigenvalue weighted by Crippen LogP contribution is -2.36. The van der Waals surface area contributed by atoms with Crippen LogP contribution in [0.3, 0.4) is 0 Å². The number of hydrogen-bond donors (Lipinski definition) is 0. The molecule has 7 heteroatoms. The molecule has 0 aliphatic rings. The molecule has 130 valence electrons. The molecule has 0 fully saturated rings. The minimum absolute atomic E-state index is 0.142. The van der Waals surface area contributed by atoms with Crippen molar-refractivity contribution in [2.45, 2.75) is 32.5 Å². The van der Waals surface area contributed by atoms with Gasteiger partial charge in [0.2, 0.25) is 0 Å². The molecule has 4 nitrogen and oxygen atoms in total. The maximum Gasteiger partial charge on any atom is 0.416 e. The predicted molar refractivity (Wildman–Crippen MR) is 85.5 cm³/mol. The molecule has 1 aromatic carbocycles. The van der Waals surface area contributed by atoms with Crippen molar-refractivity contribution in [2.75, 3.05) is 6.54 Å². The van der Waals surface area contributed by atoms with Gasteiger partial charge in [-0.15, -0.1) is 0 Å². The van der Waals surface area contributed by atoms with Crippen LogP contribution < -0.4 is 0 Å². The van der Waals surface area contributed by atoms with Crippen LogP contribution in [0.4, 0.5) is 13.2 Å². The summed E-state index contributed by atoms with van der Waals surface area (Å²) < 4.78 is 37.6. The van der Waals surface area contributed by atoms with Crippen molar-refractivity contribution in [1.29, 1.82) is 0 Å². The lowest BCUT2D eigenvalue weighted by molar-refractivity contribution is -0.137. The van der Waals surface area contributed by atoms with E-state index < -0.39 is 11.7 Å². The maximum atomic E-state index is 12.5. The van der Waals surface area contributed by atoms with Crippen molar-refractivity contribution in [3.63, 3.8) is 0 Å². The Bertz CT molecular complexity index is 607. The molecule has 0 atom stereocenters. The van der Waals surface area contributed by atoms with Crippen LogP contribution >= 0.6 is 0 Å². The number of aliphatic imine (C=N–C) groups is 1. The molecule has 0 saturated heterocycles. The summed E-state index contributed by atoms with van der Waals surface area (Å²) in [5, 5.41) is 0. The lowest BCUT2D eigenvalue weighted by atomic mass is 10.1. The molecule has 0 bridgehead atoms. The van der Waals surface area contributed by atoms with E-state index in [-0.39, 0.29) is 25.4 Å². The number of carbonyl (C=O) groups excluding carboxylic acids is 2. The Morgan fingerprint density at radius 1 is 1.29 bits per heavy atom. The van der Waals surface area contributed by atoms with Crippen LogP contribution in [0.2, 0.25) is 0 Å². The molecular formula is C17H19F3N2O2. The summed E-state index contributed by atoms with van der Waals surface area (Å²) in [4.78, 5) is 28.1. The number of amidine groups is 1. The second-order valence-corrected chi connectivity index (χ2v) is 4.93. The Hall–Kier alpha value is -2.44. The second-order valence-electron chi connectivity index (χ2n) is 4.93. The standard InChI is InChI=1S/C17H19F3N2O2/c1-3-15(22(10-5-11-23)16(24)4-2)21-12-13-6-8-14(9-7-13)17(18,19)20/h4,6-9,11H,2-3,5,10,12H2,1H3. The molecule has 24 heavy (non-hydrogen) atoms. The topological polar surface area (TPSA) is 49.7 Å². The predicted octanol–water partition coefficient (Wildman–Crippen LogP) is 3.62. The lowest BCUT2D eigenvalue weighted by Gasteiger charge is -2.21. The Morgan fingerprint density at radius 3 is 2.38 bits per heavy atom. The van der Waals surface area contributed by atoms with Crippen molar-refractivity contribution < 1.29 is 22.8 Å². The van der Waals surface area contributed by atoms with Crippen LogP contribution in [0.5, 0.6) is 0 Å². The van der Waals surface area contributed by atoms with Crippen molar-refractivity contribution in [2.24, 2.45) is 4.99 Å². The maximum absolute atomic E-state index is 12.5. The van der Waals surface area contributed by atoms with Gasteiger partial charge < -0.3 is 4.79 Å². The van der Waals surface area contributed by atoms with E-state index in [9.17, 15) is 22.8 Å². The SMILES string of the molecule is C=CC(=O)N(CCC=O)C(CC)=NCc1ccc(C(F)(F)F)cc1. The fourth-order valence-corrected chi connectivity index (χ4v) is 2.03. The zero-order valence-corrected chi connectivity index (χ0v) is 13.3. The van der Waals surface area contributed by atoms with Gasteiger partial charge >= 0.3 is 6.18 Å². The molecule has 0 heterocycles. The molecule has 0 aliphatic heterocycles. The van der Waals surface area contributed by atoms with E-state index in [0.29, 0.717) is 24.1 Å². The number of amides is 1. The van der Waals surface area contributed by atoms with E-state index in [1.807, 2.05) is 0 Å². The second kappa shape index (κ2) is 9.00. The summed E-state index contributed by atoms with van der Waals surface area (Å²) in [6, 6.07) is 4.69. The van der Waals surface area contributed by atoms with Gasteiger partial charge in [0.25, 0.3) is 5.91 Å². The van der Waals surface area contributed by atoms with Crippen LogP contribution in [0.25, 0.3) is 0 Å². The summed E-state index contributed by atoms with van der Waals surface area (Å²) in [6.45, 7) is 5.55. The molecule has 1 amide bonds. The Balaban J connectivity index is 2.91. The summed E-state index contributed by atoms with van der Waals surface area (Å²) in [6.07, 6.45) is -1.93.